The average Bonchev–Trinajstić information content (AvgIpc) is 3.20. The number of benzene rings is 1. The van der Waals surface area contributed by atoms with Crippen LogP contribution in [-0.2, 0) is 7.05 Å². The molecule has 3 atom stereocenters. The molecule has 2 bridgehead atoms. The molecular weight excluding hydrogens is 260 g/mol. The highest BCUT2D eigenvalue weighted by Crippen LogP contribution is 2.42. The number of hydrogen-bond acceptors (Lipinski definition) is 1. The Labute approximate surface area is 124 Å². The lowest BCUT2D eigenvalue weighted by Gasteiger charge is -2.18. The number of carbonyl (C=O) groups is 1. The summed E-state index contributed by atoms with van der Waals surface area (Å²) in [6, 6.07) is 7.98. The third-order valence-electron chi connectivity index (χ3n) is 5.09. The van der Waals surface area contributed by atoms with E-state index in [0.29, 0.717) is 11.8 Å². The summed E-state index contributed by atoms with van der Waals surface area (Å²) in [5.74, 6) is 2.12. The van der Waals surface area contributed by atoms with E-state index in [1.165, 1.54) is 18.2 Å². The molecule has 3 heteroatoms. The maximum absolute atomic E-state index is 12.3. The molecule has 0 radical (unpaired) electrons. The number of nitrogens with zero attached hydrogens (tertiary/aromatic N) is 1. The third-order valence-corrected chi connectivity index (χ3v) is 5.09. The average molecular weight is 280 g/mol. The van der Waals surface area contributed by atoms with Crippen molar-refractivity contribution in [3.05, 3.63) is 48.2 Å². The number of nitrogens with one attached hydrogen (secondary N) is 1. The summed E-state index contributed by atoms with van der Waals surface area (Å²) in [5.41, 5.74) is 1.86. The molecule has 1 fully saturated rings. The molecule has 2 aromatic rings. The van der Waals surface area contributed by atoms with Crippen molar-refractivity contribution in [1.29, 1.82) is 0 Å². The Morgan fingerprint density at radius 1 is 1.29 bits per heavy atom. The van der Waals surface area contributed by atoms with Gasteiger partial charge in [0, 0.05) is 30.9 Å². The molecular formula is C18H20N2O. The first-order valence-electron chi connectivity index (χ1n) is 7.72. The summed E-state index contributed by atoms with van der Waals surface area (Å²) in [6.07, 6.45) is 9.22. The van der Waals surface area contributed by atoms with E-state index in [-0.39, 0.29) is 5.91 Å². The van der Waals surface area contributed by atoms with E-state index < -0.39 is 0 Å². The summed E-state index contributed by atoms with van der Waals surface area (Å²) in [4.78, 5) is 12.3. The van der Waals surface area contributed by atoms with E-state index in [1.54, 1.807) is 0 Å². The van der Waals surface area contributed by atoms with Gasteiger partial charge in [-0.25, -0.2) is 0 Å². The molecule has 1 heterocycles. The van der Waals surface area contributed by atoms with Gasteiger partial charge in [-0.2, -0.15) is 0 Å². The Bertz CT molecular complexity index is 728. The Morgan fingerprint density at radius 3 is 2.95 bits per heavy atom. The molecule has 0 unspecified atom stereocenters. The van der Waals surface area contributed by atoms with Crippen molar-refractivity contribution in [2.75, 3.05) is 6.54 Å². The maximum atomic E-state index is 12.3. The molecule has 0 aliphatic heterocycles. The van der Waals surface area contributed by atoms with Crippen molar-refractivity contribution < 1.29 is 4.79 Å². The topological polar surface area (TPSA) is 34.0 Å². The molecule has 1 amide bonds. The minimum Gasteiger partial charge on any atom is -0.352 e. The van der Waals surface area contributed by atoms with Crippen LogP contribution in [0.15, 0.2) is 42.6 Å². The number of carbonyl (C=O) groups excluding carboxylic acids is 1. The van der Waals surface area contributed by atoms with Gasteiger partial charge in [0.15, 0.2) is 0 Å². The summed E-state index contributed by atoms with van der Waals surface area (Å²) in [7, 11) is 2.01. The van der Waals surface area contributed by atoms with Crippen LogP contribution in [0.1, 0.15) is 23.2 Å². The quantitative estimate of drug-likeness (QED) is 0.861. The SMILES string of the molecule is Cn1ccc2ccc(C(=O)NC[C@H]3C[C@@H]4C=C[C@H]3C4)cc21. The minimum atomic E-state index is 0.0462. The lowest BCUT2D eigenvalue weighted by Crippen LogP contribution is -2.30. The second-order valence-corrected chi connectivity index (χ2v) is 6.45. The van der Waals surface area contributed by atoms with Gasteiger partial charge in [-0.15, -0.1) is 0 Å². The lowest BCUT2D eigenvalue weighted by molar-refractivity contribution is 0.0945. The van der Waals surface area contributed by atoms with E-state index in [9.17, 15) is 4.79 Å². The van der Waals surface area contributed by atoms with Crippen molar-refractivity contribution in [2.24, 2.45) is 24.8 Å². The van der Waals surface area contributed by atoms with Crippen LogP contribution in [0.4, 0.5) is 0 Å². The van der Waals surface area contributed by atoms with Crippen LogP contribution < -0.4 is 5.32 Å². The zero-order valence-electron chi connectivity index (χ0n) is 12.3. The van der Waals surface area contributed by atoms with Crippen LogP contribution in [0.3, 0.4) is 0 Å². The molecule has 1 aromatic carbocycles. The summed E-state index contributed by atoms with van der Waals surface area (Å²) in [5, 5.41) is 4.29. The summed E-state index contributed by atoms with van der Waals surface area (Å²) in [6.45, 7) is 0.801. The van der Waals surface area contributed by atoms with E-state index in [4.69, 9.17) is 0 Å². The number of aromatic nitrogens is 1. The first-order chi connectivity index (χ1) is 10.2. The van der Waals surface area contributed by atoms with Gasteiger partial charge in [-0.1, -0.05) is 18.2 Å². The van der Waals surface area contributed by atoms with Crippen molar-refractivity contribution in [2.45, 2.75) is 12.8 Å². The predicted octanol–water partition coefficient (Wildman–Crippen LogP) is 3.12. The van der Waals surface area contributed by atoms with Crippen LogP contribution >= 0.6 is 0 Å². The summed E-state index contributed by atoms with van der Waals surface area (Å²) < 4.78 is 2.05. The van der Waals surface area contributed by atoms with Crippen LogP contribution in [0.2, 0.25) is 0 Å². The molecule has 1 saturated carbocycles. The van der Waals surface area contributed by atoms with Gasteiger partial charge in [0.25, 0.3) is 5.91 Å². The van der Waals surface area contributed by atoms with Crippen LogP contribution in [0.5, 0.6) is 0 Å². The molecule has 0 spiro atoms. The number of fused-ring (bicyclic) bond motifs is 3. The van der Waals surface area contributed by atoms with Crippen LogP contribution in [-0.4, -0.2) is 17.0 Å². The molecule has 2 aliphatic rings. The predicted molar refractivity (Wildman–Crippen MR) is 84.1 cm³/mol. The van der Waals surface area contributed by atoms with E-state index in [0.717, 1.165) is 23.5 Å². The highest BCUT2D eigenvalue weighted by atomic mass is 16.1. The molecule has 1 N–H and O–H groups in total. The normalized spacial score (nSPS) is 26.6. The first-order valence-corrected chi connectivity index (χ1v) is 7.72. The molecule has 4 rings (SSSR count). The van der Waals surface area contributed by atoms with Crippen LogP contribution in [0.25, 0.3) is 10.9 Å². The second kappa shape index (κ2) is 4.76. The molecule has 0 saturated heterocycles. The minimum absolute atomic E-state index is 0.0462. The number of allylic oxidation sites excluding steroid dienone is 2. The van der Waals surface area contributed by atoms with E-state index in [1.807, 2.05) is 36.0 Å². The molecule has 1 aromatic heterocycles. The van der Waals surface area contributed by atoms with Gasteiger partial charge in [0.2, 0.25) is 0 Å². The monoisotopic (exact) mass is 280 g/mol. The third kappa shape index (κ3) is 2.17. The number of amides is 1. The number of rotatable bonds is 3. The van der Waals surface area contributed by atoms with E-state index in [2.05, 4.69) is 23.5 Å². The standard InChI is InChI=1S/C18H20N2O/c1-20-7-6-13-4-5-15(10-17(13)20)18(21)19-11-16-9-12-2-3-14(16)8-12/h2-7,10,12,14,16H,8-9,11H2,1H3,(H,19,21)/t12-,14+,16-/m1/s1. The Kier molecular flexibility index (Phi) is 2.88. The molecule has 3 nitrogen and oxygen atoms in total. The van der Waals surface area contributed by atoms with Gasteiger partial charge >= 0.3 is 0 Å². The highest BCUT2D eigenvalue weighted by Gasteiger charge is 2.35. The molecule has 21 heavy (non-hydrogen) atoms. The fourth-order valence-electron chi connectivity index (χ4n) is 3.86. The van der Waals surface area contributed by atoms with Gasteiger partial charge in [0.05, 0.1) is 0 Å². The Balaban J connectivity index is 1.46. The van der Waals surface area contributed by atoms with Crippen molar-refractivity contribution in [3.63, 3.8) is 0 Å². The zero-order valence-corrected chi connectivity index (χ0v) is 12.3. The van der Waals surface area contributed by atoms with Gasteiger partial charge in [-0.3, -0.25) is 4.79 Å². The fourth-order valence-corrected chi connectivity index (χ4v) is 3.86. The second-order valence-electron chi connectivity index (χ2n) is 6.45. The highest BCUT2D eigenvalue weighted by molar-refractivity contribution is 5.98. The van der Waals surface area contributed by atoms with Crippen molar-refractivity contribution in [3.8, 4) is 0 Å². The van der Waals surface area contributed by atoms with E-state index >= 15 is 0 Å². The number of aryl methyl sites for hydroxylation is 1. The first kappa shape index (κ1) is 12.7. The Morgan fingerprint density at radius 2 is 2.19 bits per heavy atom. The summed E-state index contributed by atoms with van der Waals surface area (Å²) >= 11 is 0. The lowest BCUT2D eigenvalue weighted by atomic mass is 9.93. The molecule has 108 valence electrons. The maximum Gasteiger partial charge on any atom is 0.251 e. The smallest absolute Gasteiger partial charge is 0.251 e. The van der Waals surface area contributed by atoms with Crippen LogP contribution in [0, 0.1) is 17.8 Å². The van der Waals surface area contributed by atoms with Crippen molar-refractivity contribution in [1.82, 2.24) is 9.88 Å². The number of hydrogen-bond donors (Lipinski definition) is 1. The molecule has 2 aliphatic carbocycles. The van der Waals surface area contributed by atoms with Gasteiger partial charge < -0.3 is 9.88 Å². The van der Waals surface area contributed by atoms with Crippen molar-refractivity contribution >= 4 is 16.8 Å². The van der Waals surface area contributed by atoms with Gasteiger partial charge in [0.1, 0.15) is 0 Å². The fraction of sp³-hybridized carbons (Fsp3) is 0.389. The van der Waals surface area contributed by atoms with Gasteiger partial charge in [-0.05, 0) is 54.2 Å². The largest absolute Gasteiger partial charge is 0.352 e. The Hall–Kier alpha value is -2.03. The zero-order chi connectivity index (χ0) is 14.4.